The van der Waals surface area contributed by atoms with Crippen LogP contribution in [0.2, 0.25) is 0 Å². The number of nitrogens with zero attached hydrogens (tertiary/aromatic N) is 2. The summed E-state index contributed by atoms with van der Waals surface area (Å²) in [6.07, 6.45) is 9.48. The smallest absolute Gasteiger partial charge is 0.0949 e. The summed E-state index contributed by atoms with van der Waals surface area (Å²) in [6.45, 7) is 4.31. The molecule has 2 N–H and O–H groups in total. The van der Waals surface area contributed by atoms with E-state index >= 15 is 0 Å². The molecule has 1 aromatic heterocycles. The summed E-state index contributed by atoms with van der Waals surface area (Å²) < 4.78 is 2.09. The maximum atomic E-state index is 4.09. The van der Waals surface area contributed by atoms with Crippen molar-refractivity contribution in [1.29, 1.82) is 0 Å². The van der Waals surface area contributed by atoms with Gasteiger partial charge in [-0.3, -0.25) is 0 Å². The lowest BCUT2D eigenvalue weighted by atomic mass is 10.1. The van der Waals surface area contributed by atoms with Crippen LogP contribution in [0.3, 0.4) is 0 Å². The summed E-state index contributed by atoms with van der Waals surface area (Å²) in [7, 11) is 0. The van der Waals surface area contributed by atoms with Crippen LogP contribution in [0.25, 0.3) is 0 Å². The molecule has 4 heteroatoms. The van der Waals surface area contributed by atoms with Crippen molar-refractivity contribution in [3.8, 4) is 0 Å². The standard InChI is InChI=1S/C17H24N4/c1-14(10-16-6-3-7-19-16)20-17-5-2-4-15(11-17)12-21-9-8-18-13-21/h2,4-5,8-9,11,13-14,16,19-20H,3,6-7,10,12H2,1H3. The molecule has 112 valence electrons. The molecule has 3 rings (SSSR count). The lowest BCUT2D eigenvalue weighted by molar-refractivity contribution is 0.523. The molecule has 1 aliphatic heterocycles. The first-order valence-corrected chi connectivity index (χ1v) is 7.84. The zero-order valence-electron chi connectivity index (χ0n) is 12.6. The van der Waals surface area contributed by atoms with Crippen molar-refractivity contribution >= 4 is 5.69 Å². The van der Waals surface area contributed by atoms with E-state index in [0.29, 0.717) is 12.1 Å². The van der Waals surface area contributed by atoms with Gasteiger partial charge in [-0.25, -0.2) is 4.98 Å². The monoisotopic (exact) mass is 284 g/mol. The average Bonchev–Trinajstić information content (AvgIpc) is 3.12. The molecule has 21 heavy (non-hydrogen) atoms. The van der Waals surface area contributed by atoms with Crippen LogP contribution in [-0.2, 0) is 6.54 Å². The molecule has 1 aliphatic rings. The largest absolute Gasteiger partial charge is 0.383 e. The van der Waals surface area contributed by atoms with Crippen LogP contribution in [0.5, 0.6) is 0 Å². The summed E-state index contributed by atoms with van der Waals surface area (Å²) in [5, 5.41) is 7.19. The lowest BCUT2D eigenvalue weighted by Crippen LogP contribution is -2.29. The SMILES string of the molecule is CC(CC1CCCN1)Nc1cccc(Cn2ccnc2)c1. The first-order valence-electron chi connectivity index (χ1n) is 7.84. The third-order valence-electron chi connectivity index (χ3n) is 4.06. The van der Waals surface area contributed by atoms with Crippen LogP contribution in [0.1, 0.15) is 31.7 Å². The second-order valence-corrected chi connectivity index (χ2v) is 6.01. The normalized spacial score (nSPS) is 19.6. The summed E-state index contributed by atoms with van der Waals surface area (Å²) >= 11 is 0. The lowest BCUT2D eigenvalue weighted by Gasteiger charge is -2.19. The van der Waals surface area contributed by atoms with Crippen molar-refractivity contribution in [3.05, 3.63) is 48.5 Å². The van der Waals surface area contributed by atoms with Gasteiger partial charge in [0.25, 0.3) is 0 Å². The molecule has 2 atom stereocenters. The van der Waals surface area contributed by atoms with E-state index in [4.69, 9.17) is 0 Å². The number of anilines is 1. The highest BCUT2D eigenvalue weighted by Crippen LogP contribution is 2.17. The first-order chi connectivity index (χ1) is 10.3. The van der Waals surface area contributed by atoms with Gasteiger partial charge in [-0.1, -0.05) is 12.1 Å². The molecule has 0 amide bonds. The fourth-order valence-corrected chi connectivity index (χ4v) is 3.08. The van der Waals surface area contributed by atoms with Crippen molar-refractivity contribution in [2.75, 3.05) is 11.9 Å². The fraction of sp³-hybridized carbons (Fsp3) is 0.471. The van der Waals surface area contributed by atoms with Gasteiger partial charge in [-0.2, -0.15) is 0 Å². The van der Waals surface area contributed by atoms with Crippen LogP contribution < -0.4 is 10.6 Å². The van der Waals surface area contributed by atoms with E-state index < -0.39 is 0 Å². The summed E-state index contributed by atoms with van der Waals surface area (Å²) in [5.74, 6) is 0. The van der Waals surface area contributed by atoms with Gasteiger partial charge in [0.1, 0.15) is 0 Å². The predicted octanol–water partition coefficient (Wildman–Crippen LogP) is 2.87. The second-order valence-electron chi connectivity index (χ2n) is 6.01. The van der Waals surface area contributed by atoms with E-state index in [1.807, 2.05) is 18.7 Å². The van der Waals surface area contributed by atoms with Gasteiger partial charge < -0.3 is 15.2 Å². The number of benzene rings is 1. The molecule has 1 aromatic carbocycles. The molecule has 4 nitrogen and oxygen atoms in total. The number of rotatable bonds is 6. The Kier molecular flexibility index (Phi) is 4.55. The number of hydrogen-bond donors (Lipinski definition) is 2. The van der Waals surface area contributed by atoms with Crippen LogP contribution >= 0.6 is 0 Å². The second kappa shape index (κ2) is 6.76. The Morgan fingerprint density at radius 2 is 2.43 bits per heavy atom. The van der Waals surface area contributed by atoms with Crippen molar-refractivity contribution < 1.29 is 0 Å². The molecule has 1 fully saturated rings. The molecule has 0 radical (unpaired) electrons. The van der Waals surface area contributed by atoms with E-state index in [1.165, 1.54) is 37.1 Å². The fourth-order valence-electron chi connectivity index (χ4n) is 3.08. The molecular weight excluding hydrogens is 260 g/mol. The van der Waals surface area contributed by atoms with Crippen LogP contribution in [0.4, 0.5) is 5.69 Å². The van der Waals surface area contributed by atoms with E-state index in [1.54, 1.807) is 0 Å². The van der Waals surface area contributed by atoms with Gasteiger partial charge in [0, 0.05) is 36.7 Å². The molecule has 2 heterocycles. The Morgan fingerprint density at radius 3 is 3.19 bits per heavy atom. The highest BCUT2D eigenvalue weighted by molar-refractivity contribution is 5.46. The highest BCUT2D eigenvalue weighted by Gasteiger charge is 2.16. The molecule has 2 unspecified atom stereocenters. The van der Waals surface area contributed by atoms with Gasteiger partial charge in [0.2, 0.25) is 0 Å². The zero-order chi connectivity index (χ0) is 14.5. The van der Waals surface area contributed by atoms with Gasteiger partial charge in [0.15, 0.2) is 0 Å². The summed E-state index contributed by atoms with van der Waals surface area (Å²) in [6, 6.07) is 9.84. The zero-order valence-corrected chi connectivity index (χ0v) is 12.6. The van der Waals surface area contributed by atoms with Gasteiger partial charge in [-0.15, -0.1) is 0 Å². The van der Waals surface area contributed by atoms with Crippen molar-refractivity contribution in [2.24, 2.45) is 0 Å². The van der Waals surface area contributed by atoms with Gasteiger partial charge >= 0.3 is 0 Å². The Labute approximate surface area is 126 Å². The highest BCUT2D eigenvalue weighted by atomic mass is 15.0. The Balaban J connectivity index is 1.57. The first kappa shape index (κ1) is 14.1. The van der Waals surface area contributed by atoms with Crippen LogP contribution in [0.15, 0.2) is 43.0 Å². The molecule has 2 aromatic rings. The molecule has 0 spiro atoms. The number of imidazole rings is 1. The minimum absolute atomic E-state index is 0.490. The van der Waals surface area contributed by atoms with E-state index in [9.17, 15) is 0 Å². The van der Waals surface area contributed by atoms with Crippen LogP contribution in [-0.4, -0.2) is 28.2 Å². The summed E-state index contributed by atoms with van der Waals surface area (Å²) in [5.41, 5.74) is 2.50. The van der Waals surface area contributed by atoms with Crippen molar-refractivity contribution in [2.45, 2.75) is 44.8 Å². The van der Waals surface area contributed by atoms with Gasteiger partial charge in [0.05, 0.1) is 6.33 Å². The minimum atomic E-state index is 0.490. The number of aromatic nitrogens is 2. The molecule has 0 bridgehead atoms. The maximum absolute atomic E-state index is 4.09. The molecular formula is C17H24N4. The molecule has 1 saturated heterocycles. The quantitative estimate of drug-likeness (QED) is 0.857. The molecule has 0 aliphatic carbocycles. The number of hydrogen-bond acceptors (Lipinski definition) is 3. The maximum Gasteiger partial charge on any atom is 0.0949 e. The molecule has 0 saturated carbocycles. The Bertz CT molecular complexity index is 544. The van der Waals surface area contributed by atoms with Crippen LogP contribution in [0, 0.1) is 0 Å². The van der Waals surface area contributed by atoms with E-state index in [2.05, 4.69) is 51.4 Å². The number of nitrogens with one attached hydrogen (secondary N) is 2. The van der Waals surface area contributed by atoms with Crippen molar-refractivity contribution in [3.63, 3.8) is 0 Å². The average molecular weight is 284 g/mol. The van der Waals surface area contributed by atoms with E-state index in [0.717, 1.165) is 6.54 Å². The summed E-state index contributed by atoms with van der Waals surface area (Å²) in [4.78, 5) is 4.09. The third-order valence-corrected chi connectivity index (χ3v) is 4.06. The predicted molar refractivity (Wildman–Crippen MR) is 86.5 cm³/mol. The van der Waals surface area contributed by atoms with Crippen molar-refractivity contribution in [1.82, 2.24) is 14.9 Å². The van der Waals surface area contributed by atoms with Gasteiger partial charge in [-0.05, 0) is 50.4 Å². The topological polar surface area (TPSA) is 41.9 Å². The Hall–Kier alpha value is -1.81. The van der Waals surface area contributed by atoms with E-state index in [-0.39, 0.29) is 0 Å². The Morgan fingerprint density at radius 1 is 1.48 bits per heavy atom. The third kappa shape index (κ3) is 4.08. The minimum Gasteiger partial charge on any atom is -0.383 e.